The van der Waals surface area contributed by atoms with Crippen molar-refractivity contribution in [3.8, 4) is 11.5 Å². The Kier molecular flexibility index (Phi) is 6.94. The van der Waals surface area contributed by atoms with Gasteiger partial charge < -0.3 is 14.8 Å². The van der Waals surface area contributed by atoms with Crippen LogP contribution in [0, 0.1) is 5.41 Å². The molecule has 0 aliphatic rings. The van der Waals surface area contributed by atoms with Crippen molar-refractivity contribution in [2.75, 3.05) is 6.61 Å². The van der Waals surface area contributed by atoms with Crippen molar-refractivity contribution in [3.63, 3.8) is 0 Å². The molecule has 0 unspecified atom stereocenters. The normalized spacial score (nSPS) is 12.6. The van der Waals surface area contributed by atoms with E-state index >= 15 is 0 Å². The number of ether oxygens (including phenoxy) is 2. The summed E-state index contributed by atoms with van der Waals surface area (Å²) in [6, 6.07) is 6.21. The molecule has 0 radical (unpaired) electrons. The fraction of sp³-hybridized carbons (Fsp3) is 0.700. The van der Waals surface area contributed by atoms with E-state index in [1.807, 2.05) is 26.8 Å². The average Bonchev–Trinajstić information content (AvgIpc) is 2.36. The van der Waals surface area contributed by atoms with Crippen molar-refractivity contribution in [1.29, 1.82) is 0 Å². The largest absolute Gasteiger partial charge is 0.490 e. The summed E-state index contributed by atoms with van der Waals surface area (Å²) in [5.41, 5.74) is 1.62. The number of benzene rings is 1. The molecule has 1 N–H and O–H groups in total. The number of rotatable bonds is 8. The molecule has 1 rings (SSSR count). The number of hydrogen-bond acceptors (Lipinski definition) is 3. The molecule has 0 saturated carbocycles. The van der Waals surface area contributed by atoms with Crippen molar-refractivity contribution in [3.05, 3.63) is 23.8 Å². The number of nitrogens with one attached hydrogen (secondary N) is 1. The van der Waals surface area contributed by atoms with Crippen LogP contribution in [0.1, 0.15) is 67.4 Å². The van der Waals surface area contributed by atoms with Gasteiger partial charge in [0.25, 0.3) is 0 Å². The van der Waals surface area contributed by atoms with Gasteiger partial charge >= 0.3 is 0 Å². The highest BCUT2D eigenvalue weighted by atomic mass is 16.5. The Morgan fingerprint density at radius 1 is 1.04 bits per heavy atom. The van der Waals surface area contributed by atoms with Gasteiger partial charge in [-0.1, -0.05) is 26.8 Å². The molecule has 0 amide bonds. The lowest BCUT2D eigenvalue weighted by Gasteiger charge is -2.33. The first-order chi connectivity index (χ1) is 10.5. The third-order valence-electron chi connectivity index (χ3n) is 3.41. The van der Waals surface area contributed by atoms with Crippen molar-refractivity contribution >= 4 is 0 Å². The lowest BCUT2D eigenvalue weighted by molar-refractivity contribution is 0.223. The lowest BCUT2D eigenvalue weighted by atomic mass is 9.82. The Hall–Kier alpha value is -1.22. The summed E-state index contributed by atoms with van der Waals surface area (Å²) in [6.07, 6.45) is 1.26. The molecule has 0 fully saturated rings. The standard InChI is InChI=1S/C20H35NO2/c1-9-22-18-12-16(10-11-17(18)23-15(2)3)13-21-20(7,8)14-19(4,5)6/h10-12,15,21H,9,13-14H2,1-8H3. The summed E-state index contributed by atoms with van der Waals surface area (Å²) in [7, 11) is 0. The molecule has 0 aliphatic heterocycles. The van der Waals surface area contributed by atoms with E-state index in [0.29, 0.717) is 12.0 Å². The number of hydrogen-bond donors (Lipinski definition) is 1. The van der Waals surface area contributed by atoms with Crippen molar-refractivity contribution < 1.29 is 9.47 Å². The molecule has 0 spiro atoms. The smallest absolute Gasteiger partial charge is 0.161 e. The Morgan fingerprint density at radius 2 is 1.70 bits per heavy atom. The van der Waals surface area contributed by atoms with Crippen LogP contribution in [0.2, 0.25) is 0 Å². The van der Waals surface area contributed by atoms with E-state index in [9.17, 15) is 0 Å². The van der Waals surface area contributed by atoms with E-state index in [-0.39, 0.29) is 11.6 Å². The minimum absolute atomic E-state index is 0.0944. The van der Waals surface area contributed by atoms with Crippen LogP contribution in [0.3, 0.4) is 0 Å². The van der Waals surface area contributed by atoms with Crippen molar-refractivity contribution in [2.45, 2.75) is 80.0 Å². The molecular formula is C20H35NO2. The van der Waals surface area contributed by atoms with E-state index in [1.54, 1.807) is 0 Å². The van der Waals surface area contributed by atoms with Crippen LogP contribution < -0.4 is 14.8 Å². The molecular weight excluding hydrogens is 286 g/mol. The Bertz CT molecular complexity index is 487. The summed E-state index contributed by atoms with van der Waals surface area (Å²) in [5.74, 6) is 1.65. The van der Waals surface area contributed by atoms with Crippen molar-refractivity contribution in [1.82, 2.24) is 5.32 Å². The van der Waals surface area contributed by atoms with Gasteiger partial charge in [0, 0.05) is 12.1 Å². The van der Waals surface area contributed by atoms with Gasteiger partial charge in [0.05, 0.1) is 12.7 Å². The minimum atomic E-state index is 0.0944. The maximum Gasteiger partial charge on any atom is 0.161 e. The van der Waals surface area contributed by atoms with Crippen LogP contribution in [-0.2, 0) is 6.54 Å². The van der Waals surface area contributed by atoms with Gasteiger partial charge in [0.2, 0.25) is 0 Å². The van der Waals surface area contributed by atoms with Crippen LogP contribution >= 0.6 is 0 Å². The first kappa shape index (κ1) is 19.8. The highest BCUT2D eigenvalue weighted by Crippen LogP contribution is 2.30. The zero-order valence-corrected chi connectivity index (χ0v) is 16.2. The Labute approximate surface area is 142 Å². The zero-order chi connectivity index (χ0) is 17.7. The van der Waals surface area contributed by atoms with Gasteiger partial charge in [0.15, 0.2) is 11.5 Å². The van der Waals surface area contributed by atoms with Gasteiger partial charge in [-0.3, -0.25) is 0 Å². The molecule has 0 heterocycles. The first-order valence-electron chi connectivity index (χ1n) is 8.70. The maximum absolute atomic E-state index is 5.82. The second-order valence-electron chi connectivity index (χ2n) is 8.36. The fourth-order valence-electron chi connectivity index (χ4n) is 3.01. The van der Waals surface area contributed by atoms with E-state index in [4.69, 9.17) is 9.47 Å². The zero-order valence-electron chi connectivity index (χ0n) is 16.2. The molecule has 1 aromatic carbocycles. The summed E-state index contributed by atoms with van der Waals surface area (Å²) >= 11 is 0. The minimum Gasteiger partial charge on any atom is -0.490 e. The predicted molar refractivity (Wildman–Crippen MR) is 98.4 cm³/mol. The van der Waals surface area contributed by atoms with Gasteiger partial charge in [-0.25, -0.2) is 0 Å². The molecule has 3 heteroatoms. The Balaban J connectivity index is 2.79. The summed E-state index contributed by atoms with van der Waals surface area (Å²) < 4.78 is 11.6. The second kappa shape index (κ2) is 8.05. The molecule has 0 saturated heterocycles. The van der Waals surface area contributed by atoms with Crippen LogP contribution in [0.4, 0.5) is 0 Å². The highest BCUT2D eigenvalue weighted by molar-refractivity contribution is 5.43. The van der Waals surface area contributed by atoms with Gasteiger partial charge in [-0.15, -0.1) is 0 Å². The van der Waals surface area contributed by atoms with E-state index in [2.05, 4.69) is 52.1 Å². The molecule has 3 nitrogen and oxygen atoms in total. The molecule has 1 aromatic rings. The molecule has 0 bridgehead atoms. The molecule has 23 heavy (non-hydrogen) atoms. The van der Waals surface area contributed by atoms with Crippen LogP contribution in [0.25, 0.3) is 0 Å². The molecule has 0 aliphatic carbocycles. The summed E-state index contributed by atoms with van der Waals surface area (Å²) in [4.78, 5) is 0. The highest BCUT2D eigenvalue weighted by Gasteiger charge is 2.24. The molecule has 132 valence electrons. The fourth-order valence-corrected chi connectivity index (χ4v) is 3.01. The third-order valence-corrected chi connectivity index (χ3v) is 3.41. The van der Waals surface area contributed by atoms with Crippen LogP contribution in [0.15, 0.2) is 18.2 Å². The van der Waals surface area contributed by atoms with Crippen molar-refractivity contribution in [2.24, 2.45) is 5.41 Å². The SMILES string of the molecule is CCOc1cc(CNC(C)(C)CC(C)(C)C)ccc1OC(C)C. The summed E-state index contributed by atoms with van der Waals surface area (Å²) in [6.45, 7) is 18.9. The monoisotopic (exact) mass is 321 g/mol. The van der Waals surface area contributed by atoms with E-state index in [0.717, 1.165) is 24.5 Å². The van der Waals surface area contributed by atoms with Gasteiger partial charge in [-0.2, -0.15) is 0 Å². The first-order valence-corrected chi connectivity index (χ1v) is 8.70. The molecule has 0 aromatic heterocycles. The van der Waals surface area contributed by atoms with Gasteiger partial charge in [-0.05, 0) is 64.2 Å². The maximum atomic E-state index is 5.82. The quantitative estimate of drug-likeness (QED) is 0.716. The van der Waals surface area contributed by atoms with E-state index < -0.39 is 0 Å². The average molecular weight is 322 g/mol. The molecule has 0 atom stereocenters. The summed E-state index contributed by atoms with van der Waals surface area (Å²) in [5, 5.41) is 3.67. The topological polar surface area (TPSA) is 30.5 Å². The third kappa shape index (κ3) is 7.74. The van der Waals surface area contributed by atoms with Gasteiger partial charge in [0.1, 0.15) is 0 Å². The second-order valence-corrected chi connectivity index (χ2v) is 8.36. The van der Waals surface area contributed by atoms with E-state index in [1.165, 1.54) is 5.56 Å². The van der Waals surface area contributed by atoms with Crippen LogP contribution in [-0.4, -0.2) is 18.2 Å². The predicted octanol–water partition coefficient (Wildman–Crippen LogP) is 5.18. The van der Waals surface area contributed by atoms with Crippen LogP contribution in [0.5, 0.6) is 11.5 Å². The lowest BCUT2D eigenvalue weighted by Crippen LogP contribution is -2.41. The Morgan fingerprint density at radius 3 is 2.22 bits per heavy atom.